The summed E-state index contributed by atoms with van der Waals surface area (Å²) in [4.78, 5) is 20.0. The Kier molecular flexibility index (Phi) is 6.11. The Morgan fingerprint density at radius 3 is 2.95 bits per heavy atom. The van der Waals surface area contributed by atoms with Crippen LogP contribution in [0.2, 0.25) is 0 Å². The second-order valence-corrected chi connectivity index (χ2v) is 6.13. The molecule has 0 aliphatic carbocycles. The number of thioether (sulfide) groups is 1. The van der Waals surface area contributed by atoms with E-state index in [0.717, 1.165) is 41.9 Å². The lowest BCUT2D eigenvalue weighted by Crippen LogP contribution is -2.29. The Morgan fingerprint density at radius 1 is 1.43 bits per heavy atom. The van der Waals surface area contributed by atoms with Crippen molar-refractivity contribution >= 4 is 28.7 Å². The van der Waals surface area contributed by atoms with Gasteiger partial charge in [-0.3, -0.25) is 4.79 Å². The van der Waals surface area contributed by atoms with Crippen LogP contribution in [0, 0.1) is 0 Å². The summed E-state index contributed by atoms with van der Waals surface area (Å²) in [6.45, 7) is 2.09. The minimum Gasteiger partial charge on any atom is -0.346 e. The van der Waals surface area contributed by atoms with E-state index in [0.29, 0.717) is 6.42 Å². The molecule has 0 radical (unpaired) electrons. The van der Waals surface area contributed by atoms with E-state index in [-0.39, 0.29) is 11.9 Å². The minimum absolute atomic E-state index is 0.0331. The Morgan fingerprint density at radius 2 is 2.24 bits per heavy atom. The van der Waals surface area contributed by atoms with Crippen molar-refractivity contribution in [3.8, 4) is 0 Å². The van der Waals surface area contributed by atoms with Gasteiger partial charge in [-0.25, -0.2) is 4.98 Å². The number of carbonyl (C=O) groups excluding carboxylic acids is 1. The van der Waals surface area contributed by atoms with E-state index in [2.05, 4.69) is 28.5 Å². The Bertz CT molecular complexity index is 549. The van der Waals surface area contributed by atoms with Crippen LogP contribution in [0.5, 0.6) is 0 Å². The van der Waals surface area contributed by atoms with Gasteiger partial charge in [0.1, 0.15) is 5.82 Å². The smallest absolute Gasteiger partial charge is 0.220 e. The summed E-state index contributed by atoms with van der Waals surface area (Å²) < 4.78 is 0. The molecule has 0 fully saturated rings. The van der Waals surface area contributed by atoms with Crippen molar-refractivity contribution in [1.82, 2.24) is 15.3 Å². The molecule has 0 unspecified atom stereocenters. The van der Waals surface area contributed by atoms with E-state index in [1.807, 2.05) is 24.3 Å². The molecule has 1 atom stereocenters. The summed E-state index contributed by atoms with van der Waals surface area (Å²) in [6.07, 6.45) is 5.52. The fourth-order valence-corrected chi connectivity index (χ4v) is 2.73. The van der Waals surface area contributed by atoms with Crippen molar-refractivity contribution in [2.24, 2.45) is 0 Å². The lowest BCUT2D eigenvalue weighted by molar-refractivity contribution is -0.122. The van der Waals surface area contributed by atoms with E-state index < -0.39 is 0 Å². The molecule has 0 spiro atoms. The highest BCUT2D eigenvalue weighted by Crippen LogP contribution is 2.20. The zero-order chi connectivity index (χ0) is 15.1. The number of para-hydroxylation sites is 2. The number of benzene rings is 1. The van der Waals surface area contributed by atoms with Gasteiger partial charge in [0.25, 0.3) is 0 Å². The minimum atomic E-state index is -0.0331. The molecule has 0 bridgehead atoms. The average Bonchev–Trinajstić information content (AvgIpc) is 2.93. The molecular weight excluding hydrogens is 282 g/mol. The maximum Gasteiger partial charge on any atom is 0.220 e. The van der Waals surface area contributed by atoms with Gasteiger partial charge in [0.15, 0.2) is 0 Å². The van der Waals surface area contributed by atoms with Gasteiger partial charge in [0, 0.05) is 6.42 Å². The number of aromatic amines is 1. The number of unbranched alkanes of at least 4 members (excludes halogenated alkanes) is 1. The number of H-pyrrole nitrogens is 1. The molecule has 0 aliphatic heterocycles. The number of imidazole rings is 1. The molecule has 0 saturated carbocycles. The van der Waals surface area contributed by atoms with Crippen LogP contribution in [0.3, 0.4) is 0 Å². The summed E-state index contributed by atoms with van der Waals surface area (Å²) in [5.41, 5.74) is 1.97. The van der Waals surface area contributed by atoms with Crippen LogP contribution >= 0.6 is 11.8 Å². The van der Waals surface area contributed by atoms with Gasteiger partial charge in [0.2, 0.25) is 5.91 Å². The number of nitrogens with one attached hydrogen (secondary N) is 2. The van der Waals surface area contributed by atoms with E-state index in [9.17, 15) is 4.79 Å². The molecule has 2 rings (SSSR count). The summed E-state index contributed by atoms with van der Waals surface area (Å²) in [6, 6.07) is 7.93. The molecule has 21 heavy (non-hydrogen) atoms. The first-order valence-corrected chi connectivity index (χ1v) is 8.87. The van der Waals surface area contributed by atoms with Gasteiger partial charge >= 0.3 is 0 Å². The number of hydrogen-bond donors (Lipinski definition) is 2. The van der Waals surface area contributed by atoms with Crippen LogP contribution in [0.4, 0.5) is 0 Å². The van der Waals surface area contributed by atoms with Crippen molar-refractivity contribution in [2.75, 3.05) is 12.0 Å². The van der Waals surface area contributed by atoms with Crippen molar-refractivity contribution in [3.63, 3.8) is 0 Å². The number of nitrogens with zero attached hydrogens (tertiary/aromatic N) is 1. The highest BCUT2D eigenvalue weighted by Gasteiger charge is 2.17. The van der Waals surface area contributed by atoms with Crippen molar-refractivity contribution in [1.29, 1.82) is 0 Å². The van der Waals surface area contributed by atoms with Crippen LogP contribution in [0.15, 0.2) is 24.3 Å². The van der Waals surface area contributed by atoms with Crippen molar-refractivity contribution in [3.05, 3.63) is 30.1 Å². The summed E-state index contributed by atoms with van der Waals surface area (Å²) in [7, 11) is 0. The fourth-order valence-electron chi connectivity index (χ4n) is 2.25. The third-order valence-electron chi connectivity index (χ3n) is 3.44. The molecule has 1 aromatic heterocycles. The Labute approximate surface area is 130 Å². The SMILES string of the molecule is CCCCC(=O)N[C@@H](CCSC)c1nc2ccccc2[nH]1. The fraction of sp³-hybridized carbons (Fsp3) is 0.500. The first-order valence-electron chi connectivity index (χ1n) is 7.47. The monoisotopic (exact) mass is 305 g/mol. The summed E-state index contributed by atoms with van der Waals surface area (Å²) in [5.74, 6) is 1.97. The maximum absolute atomic E-state index is 12.0. The zero-order valence-corrected chi connectivity index (χ0v) is 13.5. The second kappa shape index (κ2) is 8.08. The predicted molar refractivity (Wildman–Crippen MR) is 89.5 cm³/mol. The third kappa shape index (κ3) is 4.49. The molecule has 114 valence electrons. The number of hydrogen-bond acceptors (Lipinski definition) is 3. The Balaban J connectivity index is 2.12. The van der Waals surface area contributed by atoms with Gasteiger partial charge in [-0.15, -0.1) is 0 Å². The molecule has 0 aliphatic rings. The maximum atomic E-state index is 12.0. The standard InChI is InChI=1S/C16H23N3OS/c1-3-4-9-15(20)17-14(10-11-21-2)16-18-12-7-5-6-8-13(12)19-16/h5-8,14H,3-4,9-11H2,1-2H3,(H,17,20)(H,18,19)/t14-/m0/s1. The molecule has 4 nitrogen and oxygen atoms in total. The summed E-state index contributed by atoms with van der Waals surface area (Å²) >= 11 is 1.78. The van der Waals surface area contributed by atoms with Gasteiger partial charge in [0.05, 0.1) is 17.1 Å². The van der Waals surface area contributed by atoms with E-state index in [1.165, 1.54) is 0 Å². The number of carbonyl (C=O) groups is 1. The molecule has 1 heterocycles. The lowest BCUT2D eigenvalue weighted by atomic mass is 10.2. The lowest BCUT2D eigenvalue weighted by Gasteiger charge is -2.16. The number of fused-ring (bicyclic) bond motifs is 1. The highest BCUT2D eigenvalue weighted by molar-refractivity contribution is 7.98. The highest BCUT2D eigenvalue weighted by atomic mass is 32.2. The molecule has 1 amide bonds. The summed E-state index contributed by atoms with van der Waals surface area (Å²) in [5, 5.41) is 3.12. The van der Waals surface area contributed by atoms with Gasteiger partial charge in [-0.1, -0.05) is 25.5 Å². The normalized spacial score (nSPS) is 12.5. The number of rotatable bonds is 8. The van der Waals surface area contributed by atoms with Crippen LogP contribution in [-0.4, -0.2) is 27.9 Å². The molecule has 2 N–H and O–H groups in total. The Hall–Kier alpha value is -1.49. The first kappa shape index (κ1) is 15.9. The predicted octanol–water partition coefficient (Wildman–Crippen LogP) is 3.66. The third-order valence-corrected chi connectivity index (χ3v) is 4.08. The van der Waals surface area contributed by atoms with Crippen LogP contribution in [-0.2, 0) is 4.79 Å². The van der Waals surface area contributed by atoms with Gasteiger partial charge in [-0.05, 0) is 37.0 Å². The number of amides is 1. The van der Waals surface area contributed by atoms with Crippen LogP contribution in [0.25, 0.3) is 11.0 Å². The molecule has 0 saturated heterocycles. The van der Waals surface area contributed by atoms with Crippen molar-refractivity contribution in [2.45, 2.75) is 38.6 Å². The quantitative estimate of drug-likeness (QED) is 0.782. The van der Waals surface area contributed by atoms with E-state index in [1.54, 1.807) is 11.8 Å². The second-order valence-electron chi connectivity index (χ2n) is 5.14. The van der Waals surface area contributed by atoms with E-state index >= 15 is 0 Å². The molecule has 2 aromatic rings. The topological polar surface area (TPSA) is 57.8 Å². The van der Waals surface area contributed by atoms with E-state index in [4.69, 9.17) is 0 Å². The van der Waals surface area contributed by atoms with Crippen LogP contribution < -0.4 is 5.32 Å². The zero-order valence-electron chi connectivity index (χ0n) is 12.7. The largest absolute Gasteiger partial charge is 0.346 e. The first-order chi connectivity index (χ1) is 10.2. The van der Waals surface area contributed by atoms with Crippen LogP contribution in [0.1, 0.15) is 44.5 Å². The number of aromatic nitrogens is 2. The molecule has 5 heteroatoms. The van der Waals surface area contributed by atoms with Gasteiger partial charge < -0.3 is 10.3 Å². The van der Waals surface area contributed by atoms with Gasteiger partial charge in [-0.2, -0.15) is 11.8 Å². The molecule has 1 aromatic carbocycles. The molecular formula is C16H23N3OS. The van der Waals surface area contributed by atoms with Crippen molar-refractivity contribution < 1.29 is 4.79 Å². The average molecular weight is 305 g/mol.